The van der Waals surface area contributed by atoms with Crippen molar-refractivity contribution in [2.45, 2.75) is 37.5 Å². The molecule has 0 heterocycles. The van der Waals surface area contributed by atoms with Gasteiger partial charge in [-0.3, -0.25) is 10.1 Å². The quantitative estimate of drug-likeness (QED) is 0.618. The molecule has 1 aliphatic rings. The Labute approximate surface area is 123 Å². The van der Waals surface area contributed by atoms with Gasteiger partial charge in [0.2, 0.25) is 0 Å². The van der Waals surface area contributed by atoms with Crippen LogP contribution in [0.4, 0.5) is 17.1 Å². The molecule has 0 radical (unpaired) electrons. The van der Waals surface area contributed by atoms with Crippen LogP contribution in [0.5, 0.6) is 0 Å². The second kappa shape index (κ2) is 6.83. The highest BCUT2D eigenvalue weighted by Crippen LogP contribution is 2.36. The van der Waals surface area contributed by atoms with Crippen LogP contribution in [-0.4, -0.2) is 29.0 Å². The van der Waals surface area contributed by atoms with E-state index in [0.717, 1.165) is 12.8 Å². The Morgan fingerprint density at radius 3 is 2.75 bits per heavy atom. The molecule has 1 aromatic rings. The first-order valence-corrected chi connectivity index (χ1v) is 8.25. The van der Waals surface area contributed by atoms with Crippen molar-refractivity contribution in [2.75, 3.05) is 23.4 Å². The molecule has 110 valence electrons. The van der Waals surface area contributed by atoms with Crippen LogP contribution in [0.15, 0.2) is 18.2 Å². The Morgan fingerprint density at radius 2 is 2.15 bits per heavy atom. The number of nitrogens with one attached hydrogen (secondary N) is 2. The molecule has 2 rings (SSSR count). The van der Waals surface area contributed by atoms with Crippen molar-refractivity contribution in [3.63, 3.8) is 0 Å². The van der Waals surface area contributed by atoms with Crippen LogP contribution >= 0.6 is 11.8 Å². The molecule has 1 aromatic carbocycles. The molecule has 0 bridgehead atoms. The third kappa shape index (κ3) is 3.36. The fraction of sp³-hybridized carbons (Fsp3) is 0.571. The summed E-state index contributed by atoms with van der Waals surface area (Å²) in [6, 6.07) is 5.74. The highest BCUT2D eigenvalue weighted by Gasteiger charge is 2.27. The SMILES string of the molecule is CCNc1cccc(NC2CCC(SC)C2)c1[N+](=O)[O-]. The lowest BCUT2D eigenvalue weighted by atomic mass is 10.2. The third-order valence-electron chi connectivity index (χ3n) is 3.66. The maximum absolute atomic E-state index is 11.3. The maximum atomic E-state index is 11.3. The van der Waals surface area contributed by atoms with Gasteiger partial charge in [-0.15, -0.1) is 0 Å². The molecule has 1 fully saturated rings. The minimum Gasteiger partial charge on any atom is -0.380 e. The van der Waals surface area contributed by atoms with Crippen molar-refractivity contribution in [3.05, 3.63) is 28.3 Å². The summed E-state index contributed by atoms with van der Waals surface area (Å²) >= 11 is 1.88. The molecule has 20 heavy (non-hydrogen) atoms. The average molecular weight is 295 g/mol. The van der Waals surface area contributed by atoms with Crippen LogP contribution in [0.3, 0.4) is 0 Å². The van der Waals surface area contributed by atoms with Crippen molar-refractivity contribution >= 4 is 28.8 Å². The van der Waals surface area contributed by atoms with Gasteiger partial charge in [0.05, 0.1) is 4.92 Å². The van der Waals surface area contributed by atoms with Crippen molar-refractivity contribution < 1.29 is 4.92 Å². The van der Waals surface area contributed by atoms with E-state index in [1.54, 1.807) is 12.1 Å². The molecule has 0 aliphatic heterocycles. The van der Waals surface area contributed by atoms with E-state index in [1.807, 2.05) is 24.8 Å². The van der Waals surface area contributed by atoms with Crippen LogP contribution in [0.2, 0.25) is 0 Å². The average Bonchev–Trinajstić information content (AvgIpc) is 2.86. The van der Waals surface area contributed by atoms with Gasteiger partial charge in [0.1, 0.15) is 11.4 Å². The molecule has 0 amide bonds. The minimum atomic E-state index is -0.304. The van der Waals surface area contributed by atoms with Gasteiger partial charge in [0.25, 0.3) is 0 Å². The van der Waals surface area contributed by atoms with E-state index in [1.165, 1.54) is 6.42 Å². The molecule has 1 aliphatic carbocycles. The summed E-state index contributed by atoms with van der Waals surface area (Å²) in [4.78, 5) is 11.0. The number of nitro groups is 1. The zero-order chi connectivity index (χ0) is 14.5. The minimum absolute atomic E-state index is 0.155. The highest BCUT2D eigenvalue weighted by atomic mass is 32.2. The number of rotatable bonds is 6. The third-order valence-corrected chi connectivity index (χ3v) is 4.76. The van der Waals surface area contributed by atoms with Crippen LogP contribution < -0.4 is 10.6 Å². The number of anilines is 2. The lowest BCUT2D eigenvalue weighted by Gasteiger charge is -2.16. The molecule has 2 atom stereocenters. The molecule has 5 nitrogen and oxygen atoms in total. The largest absolute Gasteiger partial charge is 0.380 e. The van der Waals surface area contributed by atoms with E-state index in [4.69, 9.17) is 0 Å². The smallest absolute Gasteiger partial charge is 0.315 e. The fourth-order valence-electron chi connectivity index (χ4n) is 2.69. The zero-order valence-corrected chi connectivity index (χ0v) is 12.7. The Morgan fingerprint density at radius 1 is 1.40 bits per heavy atom. The Hall–Kier alpha value is -1.43. The molecule has 1 saturated carbocycles. The van der Waals surface area contributed by atoms with Crippen LogP contribution in [0, 0.1) is 10.1 Å². The standard InChI is InChI=1S/C14H21N3O2S/c1-3-15-12-5-4-6-13(14(12)17(18)19)16-10-7-8-11(9-10)20-2/h4-6,10-11,15-16H,3,7-9H2,1-2H3. The second-order valence-corrected chi connectivity index (χ2v) is 6.14. The monoisotopic (exact) mass is 295 g/mol. The number of hydrogen-bond donors (Lipinski definition) is 2. The summed E-state index contributed by atoms with van der Waals surface area (Å²) in [5.41, 5.74) is 1.36. The van der Waals surface area contributed by atoms with Crippen molar-refractivity contribution in [1.82, 2.24) is 0 Å². The summed E-state index contributed by atoms with van der Waals surface area (Å²) < 4.78 is 0. The normalized spacial score (nSPS) is 21.7. The number of benzene rings is 1. The van der Waals surface area contributed by atoms with Gasteiger partial charge < -0.3 is 10.6 Å². The number of nitro benzene ring substituents is 1. The van der Waals surface area contributed by atoms with E-state index in [0.29, 0.717) is 29.2 Å². The Kier molecular flexibility index (Phi) is 5.11. The van der Waals surface area contributed by atoms with Gasteiger partial charge in [-0.25, -0.2) is 0 Å². The van der Waals surface area contributed by atoms with Gasteiger partial charge in [0, 0.05) is 17.8 Å². The predicted octanol–water partition coefficient (Wildman–Crippen LogP) is 3.72. The van der Waals surface area contributed by atoms with Crippen molar-refractivity contribution in [2.24, 2.45) is 0 Å². The van der Waals surface area contributed by atoms with Gasteiger partial charge in [-0.05, 0) is 44.6 Å². The maximum Gasteiger partial charge on any atom is 0.315 e. The zero-order valence-electron chi connectivity index (χ0n) is 11.9. The molecule has 2 N–H and O–H groups in total. The number of nitrogens with zero attached hydrogens (tertiary/aromatic N) is 1. The van der Waals surface area contributed by atoms with Crippen LogP contribution in [0.1, 0.15) is 26.2 Å². The summed E-state index contributed by atoms with van der Waals surface area (Å²) in [5.74, 6) is 0. The van der Waals surface area contributed by atoms with Crippen LogP contribution in [-0.2, 0) is 0 Å². The number of para-hydroxylation sites is 1. The summed E-state index contributed by atoms with van der Waals surface area (Å²) in [6.45, 7) is 2.60. The first kappa shape index (κ1) is 15.0. The van der Waals surface area contributed by atoms with Crippen molar-refractivity contribution in [1.29, 1.82) is 0 Å². The Bertz CT molecular complexity index is 481. The topological polar surface area (TPSA) is 67.2 Å². The summed E-state index contributed by atoms with van der Waals surface area (Å²) in [6.07, 6.45) is 5.46. The summed E-state index contributed by atoms with van der Waals surface area (Å²) in [5, 5.41) is 18.4. The van der Waals surface area contributed by atoms with E-state index in [9.17, 15) is 10.1 Å². The van der Waals surface area contributed by atoms with E-state index in [-0.39, 0.29) is 10.6 Å². The lowest BCUT2D eigenvalue weighted by Crippen LogP contribution is -2.17. The molecule has 0 aromatic heterocycles. The van der Waals surface area contributed by atoms with Gasteiger partial charge in [-0.2, -0.15) is 11.8 Å². The number of thioether (sulfide) groups is 1. The number of hydrogen-bond acceptors (Lipinski definition) is 5. The highest BCUT2D eigenvalue weighted by molar-refractivity contribution is 7.99. The lowest BCUT2D eigenvalue weighted by molar-refractivity contribution is -0.383. The Balaban J connectivity index is 2.18. The van der Waals surface area contributed by atoms with Crippen molar-refractivity contribution in [3.8, 4) is 0 Å². The summed E-state index contributed by atoms with van der Waals surface area (Å²) in [7, 11) is 0. The second-order valence-electron chi connectivity index (χ2n) is 5.00. The first-order valence-electron chi connectivity index (χ1n) is 6.96. The molecule has 2 unspecified atom stereocenters. The first-order chi connectivity index (χ1) is 9.65. The van der Waals surface area contributed by atoms with Crippen LogP contribution in [0.25, 0.3) is 0 Å². The molecule has 0 saturated heterocycles. The van der Waals surface area contributed by atoms with Gasteiger partial charge in [-0.1, -0.05) is 6.07 Å². The molecular formula is C14H21N3O2S. The van der Waals surface area contributed by atoms with Gasteiger partial charge >= 0.3 is 5.69 Å². The van der Waals surface area contributed by atoms with E-state index in [2.05, 4.69) is 16.9 Å². The molecular weight excluding hydrogens is 274 g/mol. The van der Waals surface area contributed by atoms with E-state index < -0.39 is 0 Å². The molecule has 0 spiro atoms. The van der Waals surface area contributed by atoms with E-state index >= 15 is 0 Å². The molecule has 6 heteroatoms. The fourth-order valence-corrected chi connectivity index (χ4v) is 3.49. The van der Waals surface area contributed by atoms with Gasteiger partial charge in [0.15, 0.2) is 0 Å². The predicted molar refractivity (Wildman–Crippen MR) is 85.8 cm³/mol.